The normalized spacial score (nSPS) is 10.2. The van der Waals surface area contributed by atoms with Crippen molar-refractivity contribution in [2.24, 2.45) is 11.5 Å². The van der Waals surface area contributed by atoms with Crippen LogP contribution in [0.25, 0.3) is 0 Å². The molecule has 0 aliphatic rings. The molecular formula is C20H38N4O. The summed E-state index contributed by atoms with van der Waals surface area (Å²) in [6.07, 6.45) is 5.56. The number of hydrogen-bond donors (Lipinski definition) is 4. The average Bonchev–Trinajstić information content (AvgIpc) is 2.63. The van der Waals surface area contributed by atoms with Gasteiger partial charge in [0, 0.05) is 5.56 Å². The molecule has 0 saturated carbocycles. The number of aryl methyl sites for hydroxylation is 1. The van der Waals surface area contributed by atoms with Gasteiger partial charge >= 0.3 is 0 Å². The molecule has 0 unspecified atom stereocenters. The summed E-state index contributed by atoms with van der Waals surface area (Å²) >= 11 is 0. The van der Waals surface area contributed by atoms with E-state index >= 15 is 0 Å². The van der Waals surface area contributed by atoms with Crippen molar-refractivity contribution in [1.29, 1.82) is 0 Å². The van der Waals surface area contributed by atoms with Gasteiger partial charge in [0.05, 0.1) is 0 Å². The zero-order valence-electron chi connectivity index (χ0n) is 16.2. The van der Waals surface area contributed by atoms with Crippen LogP contribution in [0.5, 0.6) is 0 Å². The van der Waals surface area contributed by atoms with E-state index in [0.717, 1.165) is 69.7 Å². The molecular weight excluding hydrogens is 312 g/mol. The van der Waals surface area contributed by atoms with Crippen LogP contribution < -0.4 is 22.1 Å². The summed E-state index contributed by atoms with van der Waals surface area (Å²) in [7, 11) is 0. The third kappa shape index (κ3) is 13.7. The molecule has 0 aromatic heterocycles. The van der Waals surface area contributed by atoms with Crippen LogP contribution in [0.1, 0.15) is 55.5 Å². The molecule has 6 N–H and O–H groups in total. The van der Waals surface area contributed by atoms with E-state index in [1.54, 1.807) is 6.92 Å². The fourth-order valence-electron chi connectivity index (χ4n) is 2.38. The molecule has 0 heterocycles. The van der Waals surface area contributed by atoms with Gasteiger partial charge in [-0.1, -0.05) is 31.2 Å². The fraction of sp³-hybridized carbons (Fsp3) is 0.650. The molecule has 0 atom stereocenters. The number of ketones is 1. The largest absolute Gasteiger partial charge is 0.330 e. The molecule has 5 nitrogen and oxygen atoms in total. The summed E-state index contributed by atoms with van der Waals surface area (Å²) in [5.41, 5.74) is 12.7. The maximum absolute atomic E-state index is 11.0. The van der Waals surface area contributed by atoms with E-state index in [2.05, 4.69) is 17.6 Å². The van der Waals surface area contributed by atoms with Gasteiger partial charge < -0.3 is 22.1 Å². The molecule has 0 spiro atoms. The first kappa shape index (κ1) is 23.7. The van der Waals surface area contributed by atoms with Gasteiger partial charge in [0.1, 0.15) is 0 Å². The lowest BCUT2D eigenvalue weighted by atomic mass is 10.0. The van der Waals surface area contributed by atoms with Crippen LogP contribution in [-0.4, -0.2) is 45.1 Å². The van der Waals surface area contributed by atoms with Gasteiger partial charge in [0.25, 0.3) is 0 Å². The Kier molecular flexibility index (Phi) is 16.7. The molecule has 0 amide bonds. The number of nitrogens with one attached hydrogen (secondary N) is 2. The van der Waals surface area contributed by atoms with Crippen molar-refractivity contribution in [3.8, 4) is 0 Å². The first-order valence-corrected chi connectivity index (χ1v) is 9.57. The van der Waals surface area contributed by atoms with Crippen molar-refractivity contribution < 1.29 is 4.79 Å². The van der Waals surface area contributed by atoms with Crippen molar-refractivity contribution in [2.75, 3.05) is 39.3 Å². The second-order valence-electron chi connectivity index (χ2n) is 6.06. The summed E-state index contributed by atoms with van der Waals surface area (Å²) in [5.74, 6) is 0.155. The first-order chi connectivity index (χ1) is 12.2. The molecule has 0 radical (unpaired) electrons. The fourth-order valence-corrected chi connectivity index (χ4v) is 2.38. The van der Waals surface area contributed by atoms with Crippen molar-refractivity contribution >= 4 is 5.78 Å². The summed E-state index contributed by atoms with van der Waals surface area (Å²) in [4.78, 5) is 11.0. The summed E-state index contributed by atoms with van der Waals surface area (Å²) in [6.45, 7) is 9.56. The third-order valence-electron chi connectivity index (χ3n) is 3.85. The number of benzene rings is 1. The molecule has 1 rings (SSSR count). The number of hydrogen-bond acceptors (Lipinski definition) is 5. The number of carbonyl (C=O) groups is 1. The smallest absolute Gasteiger partial charge is 0.160 e. The van der Waals surface area contributed by atoms with Crippen LogP contribution in [-0.2, 0) is 6.42 Å². The lowest BCUT2D eigenvalue weighted by molar-refractivity contribution is 0.101. The Morgan fingerprint density at radius 3 is 1.76 bits per heavy atom. The maximum Gasteiger partial charge on any atom is 0.160 e. The van der Waals surface area contributed by atoms with Crippen molar-refractivity contribution in [2.45, 2.75) is 46.0 Å². The van der Waals surface area contributed by atoms with Gasteiger partial charge in [-0.2, -0.15) is 0 Å². The van der Waals surface area contributed by atoms with Gasteiger partial charge in [0.15, 0.2) is 5.78 Å². The molecule has 0 fully saturated rings. The van der Waals surface area contributed by atoms with Crippen LogP contribution in [0.3, 0.4) is 0 Å². The monoisotopic (exact) mass is 350 g/mol. The quantitative estimate of drug-likeness (QED) is 0.323. The summed E-state index contributed by atoms with van der Waals surface area (Å²) < 4.78 is 0. The lowest BCUT2D eigenvalue weighted by Gasteiger charge is -2.04. The van der Waals surface area contributed by atoms with Crippen LogP contribution in [0, 0.1) is 0 Å². The zero-order chi connectivity index (χ0) is 18.8. The highest BCUT2D eigenvalue weighted by molar-refractivity contribution is 5.95. The molecule has 0 saturated heterocycles. The molecule has 25 heavy (non-hydrogen) atoms. The van der Waals surface area contributed by atoms with E-state index < -0.39 is 0 Å². The number of rotatable bonds is 13. The number of carbonyl (C=O) groups excluding carboxylic acids is 1. The Balaban J connectivity index is 0.000000472. The highest BCUT2D eigenvalue weighted by Crippen LogP contribution is 2.09. The molecule has 0 aliphatic heterocycles. The van der Waals surface area contributed by atoms with E-state index in [4.69, 9.17) is 11.5 Å². The van der Waals surface area contributed by atoms with Gasteiger partial charge in [-0.3, -0.25) is 4.79 Å². The molecule has 144 valence electrons. The van der Waals surface area contributed by atoms with Crippen molar-refractivity contribution in [3.05, 3.63) is 35.4 Å². The predicted molar refractivity (Wildman–Crippen MR) is 108 cm³/mol. The highest BCUT2D eigenvalue weighted by Gasteiger charge is 2.02. The molecule has 0 bridgehead atoms. The van der Waals surface area contributed by atoms with Gasteiger partial charge in [-0.05, 0) is 83.9 Å². The van der Waals surface area contributed by atoms with Gasteiger partial charge in [-0.15, -0.1) is 0 Å². The Morgan fingerprint density at radius 1 is 0.880 bits per heavy atom. The second kappa shape index (κ2) is 17.5. The SMILES string of the molecule is CCc1ccccc1C(C)=O.NCCCNCCCCNCCCN. The van der Waals surface area contributed by atoms with Crippen LogP contribution in [0.15, 0.2) is 24.3 Å². The second-order valence-corrected chi connectivity index (χ2v) is 6.06. The molecule has 1 aromatic carbocycles. The first-order valence-electron chi connectivity index (χ1n) is 9.57. The van der Waals surface area contributed by atoms with Crippen molar-refractivity contribution in [1.82, 2.24) is 10.6 Å². The van der Waals surface area contributed by atoms with Crippen LogP contribution in [0.2, 0.25) is 0 Å². The van der Waals surface area contributed by atoms with E-state index in [-0.39, 0.29) is 5.78 Å². The Labute approximate surface area is 153 Å². The van der Waals surface area contributed by atoms with E-state index in [1.165, 1.54) is 12.8 Å². The number of nitrogens with two attached hydrogens (primary N) is 2. The van der Waals surface area contributed by atoms with E-state index in [1.807, 2.05) is 24.3 Å². The zero-order valence-corrected chi connectivity index (χ0v) is 16.2. The predicted octanol–water partition coefficient (Wildman–Crippen LogP) is 2.10. The maximum atomic E-state index is 11.0. The van der Waals surface area contributed by atoms with Crippen LogP contribution >= 0.6 is 0 Å². The Hall–Kier alpha value is -1.27. The van der Waals surface area contributed by atoms with Crippen molar-refractivity contribution in [3.63, 3.8) is 0 Å². The number of unbranched alkanes of at least 4 members (excludes halogenated alkanes) is 1. The van der Waals surface area contributed by atoms with E-state index in [9.17, 15) is 4.79 Å². The minimum Gasteiger partial charge on any atom is -0.330 e. The Bertz CT molecular complexity index is 425. The minimum atomic E-state index is 0.155. The Morgan fingerprint density at radius 2 is 1.36 bits per heavy atom. The minimum absolute atomic E-state index is 0.155. The topological polar surface area (TPSA) is 93.2 Å². The lowest BCUT2D eigenvalue weighted by Crippen LogP contribution is -2.22. The van der Waals surface area contributed by atoms with Gasteiger partial charge in [-0.25, -0.2) is 0 Å². The standard InChI is InChI=1S/C10H26N4.C10H12O/c11-5-3-9-13-7-1-2-8-14-10-4-6-12;1-3-9-6-4-5-7-10(9)8(2)11/h13-14H,1-12H2;4-7H,3H2,1-2H3. The van der Waals surface area contributed by atoms with Crippen LogP contribution in [0.4, 0.5) is 0 Å². The van der Waals surface area contributed by atoms with E-state index in [0.29, 0.717) is 0 Å². The molecule has 0 aliphatic carbocycles. The summed E-state index contributed by atoms with van der Waals surface area (Å²) in [5, 5.41) is 6.72. The molecule has 5 heteroatoms. The highest BCUT2D eigenvalue weighted by atomic mass is 16.1. The van der Waals surface area contributed by atoms with Gasteiger partial charge in [0.2, 0.25) is 0 Å². The summed E-state index contributed by atoms with van der Waals surface area (Å²) in [6, 6.07) is 7.74. The average molecular weight is 351 g/mol. The molecule has 1 aromatic rings. The third-order valence-corrected chi connectivity index (χ3v) is 3.85. The number of Topliss-reactive ketones (excluding diaryl/α,β-unsaturated/α-hetero) is 1.